The normalized spacial score (nSPS) is 10.5. The van der Waals surface area contributed by atoms with E-state index in [1.165, 1.54) is 5.82 Å². The highest BCUT2D eigenvalue weighted by Crippen LogP contribution is 1.96. The van der Waals surface area contributed by atoms with Crippen LogP contribution in [0.25, 0.3) is 0 Å². The summed E-state index contributed by atoms with van der Waals surface area (Å²) < 4.78 is 7.12. The van der Waals surface area contributed by atoms with Crippen molar-refractivity contribution in [2.45, 2.75) is 13.2 Å². The van der Waals surface area contributed by atoms with Gasteiger partial charge in [0.05, 0.1) is 6.42 Å². The summed E-state index contributed by atoms with van der Waals surface area (Å²) in [4.78, 5) is 3.20. The summed E-state index contributed by atoms with van der Waals surface area (Å²) in [5, 5.41) is 0. The lowest BCUT2D eigenvalue weighted by Crippen LogP contribution is -2.37. The molecule has 1 aromatic heterocycles. The molecule has 0 radical (unpaired) electrons. The number of rotatable bonds is 5. The van der Waals surface area contributed by atoms with Gasteiger partial charge in [0, 0.05) is 12.9 Å². The monoisotopic (exact) mass is 187 g/mol. The summed E-state index contributed by atoms with van der Waals surface area (Å²) >= 11 is 1.85. The Labute approximate surface area is 77.1 Å². The van der Waals surface area contributed by atoms with Crippen molar-refractivity contribution in [2.75, 3.05) is 19.1 Å². The van der Waals surface area contributed by atoms with E-state index >= 15 is 0 Å². The van der Waals surface area contributed by atoms with Gasteiger partial charge in [-0.15, -0.1) is 0 Å². The number of aryl methyl sites for hydroxylation is 1. The van der Waals surface area contributed by atoms with Crippen molar-refractivity contribution in [2.24, 2.45) is 0 Å². The van der Waals surface area contributed by atoms with Crippen molar-refractivity contribution in [3.8, 4) is 0 Å². The molecule has 0 spiro atoms. The maximum Gasteiger partial charge on any atom is 0.256 e. The first-order chi connectivity index (χ1) is 5.88. The Hall–Kier alpha value is -0.480. The largest absolute Gasteiger partial charge is 0.345 e. The minimum absolute atomic E-state index is 0.632. The van der Waals surface area contributed by atoms with E-state index in [9.17, 15) is 0 Å². The molecule has 1 aromatic rings. The second-order valence-electron chi connectivity index (χ2n) is 2.54. The number of nitrogens with one attached hydrogen (secondary N) is 1. The highest BCUT2D eigenvalue weighted by Gasteiger charge is 2.08. The summed E-state index contributed by atoms with van der Waals surface area (Å²) in [5.41, 5.74) is 0. The zero-order chi connectivity index (χ0) is 8.81. The number of hydrogen-bond donors (Lipinski definition) is 1. The molecular formula is C8H15N2OS+. The van der Waals surface area contributed by atoms with Crippen molar-refractivity contribution < 1.29 is 9.30 Å². The first kappa shape index (κ1) is 9.61. The fourth-order valence-electron chi connectivity index (χ4n) is 1.07. The van der Waals surface area contributed by atoms with Crippen LogP contribution in [0.5, 0.6) is 0 Å². The van der Waals surface area contributed by atoms with Crippen LogP contribution in [0, 0.1) is 0 Å². The van der Waals surface area contributed by atoms with E-state index in [1.54, 1.807) is 7.11 Å². The van der Waals surface area contributed by atoms with E-state index in [-0.39, 0.29) is 0 Å². The van der Waals surface area contributed by atoms with Crippen molar-refractivity contribution in [1.82, 2.24) is 4.98 Å². The Morgan fingerprint density at radius 1 is 1.67 bits per heavy atom. The van der Waals surface area contributed by atoms with Crippen LogP contribution < -0.4 is 4.57 Å². The molecule has 0 atom stereocenters. The Balaban J connectivity index is 2.51. The third-order valence-corrected chi connectivity index (χ3v) is 2.27. The molecule has 0 aliphatic rings. The molecule has 0 aromatic carbocycles. The van der Waals surface area contributed by atoms with Gasteiger partial charge in [-0.2, -0.15) is 11.8 Å². The predicted octanol–water partition coefficient (Wildman–Crippen LogP) is 0.812. The summed E-state index contributed by atoms with van der Waals surface area (Å²) in [7, 11) is 1.71. The lowest BCUT2D eigenvalue weighted by molar-refractivity contribution is -0.736. The summed E-state index contributed by atoms with van der Waals surface area (Å²) in [5.74, 6) is 2.37. The number of nitrogens with zero attached hydrogens (tertiary/aromatic N) is 1. The molecule has 1 N–H and O–H groups in total. The van der Waals surface area contributed by atoms with Crippen LogP contribution >= 0.6 is 11.8 Å². The van der Waals surface area contributed by atoms with Crippen LogP contribution in [0.2, 0.25) is 0 Å². The molecule has 0 saturated heterocycles. The van der Waals surface area contributed by atoms with E-state index < -0.39 is 0 Å². The average Bonchev–Trinajstić information content (AvgIpc) is 2.50. The number of aromatic amines is 1. The summed E-state index contributed by atoms with van der Waals surface area (Å²) in [6, 6.07) is 0. The molecule has 4 heteroatoms. The fourth-order valence-corrected chi connectivity index (χ4v) is 1.47. The van der Waals surface area contributed by atoms with Crippen molar-refractivity contribution in [3.63, 3.8) is 0 Å². The van der Waals surface area contributed by atoms with Gasteiger partial charge in [-0.3, -0.25) is 0 Å². The van der Waals surface area contributed by atoms with E-state index in [0.717, 1.165) is 12.2 Å². The molecule has 0 saturated carbocycles. The SMILES string of the molecule is COC[n+]1cc[nH]c1CCSC. The van der Waals surface area contributed by atoms with E-state index in [4.69, 9.17) is 4.74 Å². The zero-order valence-electron chi connectivity index (χ0n) is 7.54. The van der Waals surface area contributed by atoms with Crippen LogP contribution in [0.4, 0.5) is 0 Å². The Bertz CT molecular complexity index is 225. The highest BCUT2D eigenvalue weighted by atomic mass is 32.2. The maximum absolute atomic E-state index is 5.04. The number of H-pyrrole nitrogens is 1. The van der Waals surface area contributed by atoms with Gasteiger partial charge in [-0.25, -0.2) is 9.55 Å². The Kier molecular flexibility index (Phi) is 4.18. The number of hydrogen-bond acceptors (Lipinski definition) is 2. The minimum Gasteiger partial charge on any atom is -0.345 e. The van der Waals surface area contributed by atoms with Gasteiger partial charge in [-0.1, -0.05) is 0 Å². The molecule has 0 aliphatic carbocycles. The number of thioether (sulfide) groups is 1. The lowest BCUT2D eigenvalue weighted by Gasteiger charge is -1.97. The predicted molar refractivity (Wildman–Crippen MR) is 50.1 cm³/mol. The smallest absolute Gasteiger partial charge is 0.256 e. The molecule has 1 heterocycles. The first-order valence-corrected chi connectivity index (χ1v) is 5.31. The van der Waals surface area contributed by atoms with Gasteiger partial charge in [0.15, 0.2) is 6.73 Å². The molecule has 0 fully saturated rings. The second-order valence-corrected chi connectivity index (χ2v) is 3.52. The quantitative estimate of drug-likeness (QED) is 0.691. The van der Waals surface area contributed by atoms with Gasteiger partial charge in [-0.05, 0) is 6.26 Å². The second kappa shape index (κ2) is 5.22. The van der Waals surface area contributed by atoms with E-state index in [0.29, 0.717) is 6.73 Å². The third kappa shape index (κ3) is 2.53. The van der Waals surface area contributed by atoms with Crippen molar-refractivity contribution in [1.29, 1.82) is 0 Å². The molecule has 1 rings (SSSR count). The van der Waals surface area contributed by atoms with Crippen molar-refractivity contribution >= 4 is 11.8 Å². The van der Waals surface area contributed by atoms with Crippen molar-refractivity contribution in [3.05, 3.63) is 18.2 Å². The third-order valence-electron chi connectivity index (χ3n) is 1.66. The molecule has 0 aliphatic heterocycles. The van der Waals surface area contributed by atoms with Gasteiger partial charge < -0.3 is 4.74 Å². The molecular weight excluding hydrogens is 172 g/mol. The topological polar surface area (TPSA) is 28.9 Å². The fraction of sp³-hybridized carbons (Fsp3) is 0.625. The molecule has 0 amide bonds. The molecule has 3 nitrogen and oxygen atoms in total. The van der Waals surface area contributed by atoms with Crippen LogP contribution in [0.3, 0.4) is 0 Å². The molecule has 0 bridgehead atoms. The number of imidazole rings is 1. The number of methoxy groups -OCH3 is 1. The molecule has 12 heavy (non-hydrogen) atoms. The number of ether oxygens (including phenoxy) is 1. The Morgan fingerprint density at radius 2 is 2.50 bits per heavy atom. The first-order valence-electron chi connectivity index (χ1n) is 3.92. The standard InChI is InChI=1S/C8H14N2OS/c1-11-7-10-5-4-9-8(10)3-6-12-2/h4-5H,3,6-7H2,1-2H3/p+1. The van der Waals surface area contributed by atoms with Gasteiger partial charge in [0.2, 0.25) is 0 Å². The summed E-state index contributed by atoms with van der Waals surface area (Å²) in [6.07, 6.45) is 7.12. The van der Waals surface area contributed by atoms with E-state index in [2.05, 4.69) is 15.8 Å². The van der Waals surface area contributed by atoms with Gasteiger partial charge in [0.1, 0.15) is 12.4 Å². The summed E-state index contributed by atoms with van der Waals surface area (Å²) in [6.45, 7) is 0.632. The van der Waals surface area contributed by atoms with Crippen LogP contribution in [-0.4, -0.2) is 24.1 Å². The van der Waals surface area contributed by atoms with Crippen LogP contribution in [-0.2, 0) is 17.9 Å². The van der Waals surface area contributed by atoms with E-state index in [1.807, 2.05) is 24.2 Å². The minimum atomic E-state index is 0.632. The van der Waals surface area contributed by atoms with Gasteiger partial charge in [0.25, 0.3) is 5.82 Å². The van der Waals surface area contributed by atoms with Gasteiger partial charge >= 0.3 is 0 Å². The molecule has 0 unspecified atom stereocenters. The molecule has 68 valence electrons. The zero-order valence-corrected chi connectivity index (χ0v) is 8.36. The van der Waals surface area contributed by atoms with Crippen LogP contribution in [0.15, 0.2) is 12.4 Å². The highest BCUT2D eigenvalue weighted by molar-refractivity contribution is 7.98. The maximum atomic E-state index is 5.04. The lowest BCUT2D eigenvalue weighted by atomic mass is 10.4. The average molecular weight is 187 g/mol. The Morgan fingerprint density at radius 3 is 3.17 bits per heavy atom. The number of aromatic nitrogens is 2. The van der Waals surface area contributed by atoms with Crippen LogP contribution in [0.1, 0.15) is 5.82 Å².